The first-order valence-electron chi connectivity index (χ1n) is 7.52. The van der Waals surface area contributed by atoms with Gasteiger partial charge in [-0.2, -0.15) is 0 Å². The molecular formula is C16H20Cl2N2O3. The Morgan fingerprint density at radius 2 is 1.83 bits per heavy atom. The third kappa shape index (κ3) is 4.59. The maximum absolute atomic E-state index is 12.6. The van der Waals surface area contributed by atoms with Crippen molar-refractivity contribution in [2.24, 2.45) is 5.92 Å². The fourth-order valence-electron chi connectivity index (χ4n) is 2.36. The molecule has 0 bridgehead atoms. The van der Waals surface area contributed by atoms with Crippen molar-refractivity contribution in [1.82, 2.24) is 10.2 Å². The van der Waals surface area contributed by atoms with Crippen LogP contribution in [0.15, 0.2) is 18.2 Å². The maximum Gasteiger partial charge on any atom is 0.251 e. The van der Waals surface area contributed by atoms with E-state index in [1.165, 1.54) is 6.07 Å². The minimum atomic E-state index is -0.588. The Hall–Kier alpha value is -1.30. The summed E-state index contributed by atoms with van der Waals surface area (Å²) in [5.41, 5.74) is 0.375. The third-order valence-corrected chi connectivity index (χ3v) is 4.46. The molecule has 1 N–H and O–H groups in total. The molecule has 1 saturated heterocycles. The molecule has 1 aromatic rings. The summed E-state index contributed by atoms with van der Waals surface area (Å²) in [5, 5.41) is 3.49. The lowest BCUT2D eigenvalue weighted by Gasteiger charge is -2.32. The molecule has 126 valence electrons. The summed E-state index contributed by atoms with van der Waals surface area (Å²) in [4.78, 5) is 26.8. The second-order valence-electron chi connectivity index (χ2n) is 5.76. The van der Waals surface area contributed by atoms with Gasteiger partial charge < -0.3 is 15.0 Å². The summed E-state index contributed by atoms with van der Waals surface area (Å²) in [6, 6.07) is 4.05. The molecule has 0 aromatic heterocycles. The number of hydrogen-bond donors (Lipinski definition) is 1. The van der Waals surface area contributed by atoms with Gasteiger partial charge in [-0.05, 0) is 24.1 Å². The molecule has 1 heterocycles. The van der Waals surface area contributed by atoms with Crippen molar-refractivity contribution in [1.29, 1.82) is 0 Å². The molecule has 7 heteroatoms. The summed E-state index contributed by atoms with van der Waals surface area (Å²) in [6.07, 6.45) is 0. The molecule has 0 saturated carbocycles. The van der Waals surface area contributed by atoms with Gasteiger partial charge in [-0.25, -0.2) is 0 Å². The third-order valence-electron chi connectivity index (χ3n) is 3.72. The van der Waals surface area contributed by atoms with Crippen molar-refractivity contribution in [3.8, 4) is 0 Å². The lowest BCUT2D eigenvalue weighted by Crippen LogP contribution is -2.53. The summed E-state index contributed by atoms with van der Waals surface area (Å²) in [7, 11) is 0. The van der Waals surface area contributed by atoms with Crippen LogP contribution in [0.1, 0.15) is 24.2 Å². The van der Waals surface area contributed by atoms with Gasteiger partial charge in [-0.15, -0.1) is 0 Å². The van der Waals surface area contributed by atoms with Gasteiger partial charge in [0.2, 0.25) is 5.91 Å². The number of nitrogens with zero attached hydrogens (tertiary/aromatic N) is 1. The van der Waals surface area contributed by atoms with Gasteiger partial charge in [0.15, 0.2) is 0 Å². The zero-order valence-corrected chi connectivity index (χ0v) is 14.7. The second-order valence-corrected chi connectivity index (χ2v) is 6.58. The number of nitrogens with one attached hydrogen (secondary N) is 1. The minimum absolute atomic E-state index is 0.0305. The number of ether oxygens (including phenoxy) is 1. The van der Waals surface area contributed by atoms with Crippen LogP contribution in [0, 0.1) is 5.92 Å². The SMILES string of the molecule is CC(C)[C@H](NC(=O)c1ccc(Cl)c(Cl)c1)C(=O)N1CCOCC1. The lowest BCUT2D eigenvalue weighted by molar-refractivity contribution is -0.138. The van der Waals surface area contributed by atoms with E-state index in [2.05, 4.69) is 5.32 Å². The van der Waals surface area contributed by atoms with Crippen LogP contribution in [-0.4, -0.2) is 49.1 Å². The molecule has 2 amide bonds. The number of benzene rings is 1. The van der Waals surface area contributed by atoms with Crippen LogP contribution in [-0.2, 0) is 9.53 Å². The van der Waals surface area contributed by atoms with E-state index in [9.17, 15) is 9.59 Å². The first-order valence-corrected chi connectivity index (χ1v) is 8.28. The van der Waals surface area contributed by atoms with E-state index >= 15 is 0 Å². The van der Waals surface area contributed by atoms with E-state index in [0.717, 1.165) is 0 Å². The Bertz CT molecular complexity index is 587. The van der Waals surface area contributed by atoms with Crippen molar-refractivity contribution in [2.75, 3.05) is 26.3 Å². The number of halogens is 2. The van der Waals surface area contributed by atoms with E-state index in [4.69, 9.17) is 27.9 Å². The Morgan fingerprint density at radius 1 is 1.17 bits per heavy atom. The first-order chi connectivity index (χ1) is 10.9. The van der Waals surface area contributed by atoms with Crippen molar-refractivity contribution < 1.29 is 14.3 Å². The topological polar surface area (TPSA) is 58.6 Å². The lowest BCUT2D eigenvalue weighted by atomic mass is 10.0. The van der Waals surface area contributed by atoms with Crippen molar-refractivity contribution in [3.63, 3.8) is 0 Å². The van der Waals surface area contributed by atoms with E-state index in [1.807, 2.05) is 13.8 Å². The zero-order chi connectivity index (χ0) is 17.0. The van der Waals surface area contributed by atoms with E-state index in [0.29, 0.717) is 41.9 Å². The molecule has 0 radical (unpaired) electrons. The number of carbonyl (C=O) groups excluding carboxylic acids is 2. The Labute approximate surface area is 145 Å². The monoisotopic (exact) mass is 358 g/mol. The number of rotatable bonds is 4. The smallest absolute Gasteiger partial charge is 0.251 e. The van der Waals surface area contributed by atoms with Gasteiger partial charge in [0.1, 0.15) is 6.04 Å². The molecule has 1 aliphatic heterocycles. The molecular weight excluding hydrogens is 339 g/mol. The van der Waals surface area contributed by atoms with Crippen LogP contribution in [0.3, 0.4) is 0 Å². The molecule has 5 nitrogen and oxygen atoms in total. The Kier molecular flexibility index (Phi) is 6.27. The normalized spacial score (nSPS) is 16.3. The number of hydrogen-bond acceptors (Lipinski definition) is 3. The van der Waals surface area contributed by atoms with Crippen molar-refractivity contribution in [3.05, 3.63) is 33.8 Å². The molecule has 0 unspecified atom stereocenters. The van der Waals surface area contributed by atoms with Crippen LogP contribution in [0.25, 0.3) is 0 Å². The molecule has 2 rings (SSSR count). The average Bonchev–Trinajstić information content (AvgIpc) is 2.54. The number of morpholine rings is 1. The second kappa shape index (κ2) is 7.99. The van der Waals surface area contributed by atoms with E-state index in [-0.39, 0.29) is 17.7 Å². The molecule has 0 aliphatic carbocycles. The van der Waals surface area contributed by atoms with Crippen LogP contribution in [0.2, 0.25) is 10.0 Å². The molecule has 1 atom stereocenters. The molecule has 0 spiro atoms. The van der Waals surface area contributed by atoms with Crippen LogP contribution in [0.5, 0.6) is 0 Å². The number of amides is 2. The summed E-state index contributed by atoms with van der Waals surface area (Å²) >= 11 is 11.8. The van der Waals surface area contributed by atoms with Gasteiger partial charge in [0, 0.05) is 18.7 Å². The zero-order valence-electron chi connectivity index (χ0n) is 13.1. The van der Waals surface area contributed by atoms with Gasteiger partial charge in [-0.3, -0.25) is 9.59 Å². The molecule has 1 aromatic carbocycles. The maximum atomic E-state index is 12.6. The average molecular weight is 359 g/mol. The summed E-state index contributed by atoms with van der Waals surface area (Å²) in [6.45, 7) is 5.94. The largest absolute Gasteiger partial charge is 0.378 e. The highest BCUT2D eigenvalue weighted by Gasteiger charge is 2.29. The highest BCUT2D eigenvalue weighted by molar-refractivity contribution is 6.42. The first kappa shape index (κ1) is 18.0. The highest BCUT2D eigenvalue weighted by Crippen LogP contribution is 2.22. The molecule has 1 aliphatic rings. The van der Waals surface area contributed by atoms with Crippen LogP contribution in [0.4, 0.5) is 0 Å². The van der Waals surface area contributed by atoms with Gasteiger partial charge >= 0.3 is 0 Å². The van der Waals surface area contributed by atoms with Crippen molar-refractivity contribution >= 4 is 35.0 Å². The van der Waals surface area contributed by atoms with Gasteiger partial charge in [-0.1, -0.05) is 37.0 Å². The van der Waals surface area contributed by atoms with Gasteiger partial charge in [0.25, 0.3) is 5.91 Å². The van der Waals surface area contributed by atoms with E-state index in [1.54, 1.807) is 17.0 Å². The molecule has 23 heavy (non-hydrogen) atoms. The van der Waals surface area contributed by atoms with Crippen LogP contribution >= 0.6 is 23.2 Å². The highest BCUT2D eigenvalue weighted by atomic mass is 35.5. The Balaban J connectivity index is 2.10. The predicted molar refractivity (Wildman–Crippen MR) is 90.0 cm³/mol. The van der Waals surface area contributed by atoms with E-state index < -0.39 is 6.04 Å². The predicted octanol–water partition coefficient (Wildman–Crippen LogP) is 2.61. The Morgan fingerprint density at radius 3 is 2.39 bits per heavy atom. The van der Waals surface area contributed by atoms with Crippen LogP contribution < -0.4 is 5.32 Å². The summed E-state index contributed by atoms with van der Waals surface area (Å²) in [5.74, 6) is -0.461. The van der Waals surface area contributed by atoms with Crippen molar-refractivity contribution in [2.45, 2.75) is 19.9 Å². The fraction of sp³-hybridized carbons (Fsp3) is 0.500. The summed E-state index contributed by atoms with van der Waals surface area (Å²) < 4.78 is 5.26. The standard InChI is InChI=1S/C16H20Cl2N2O3/c1-10(2)14(16(22)20-5-7-23-8-6-20)19-15(21)11-3-4-12(17)13(18)9-11/h3-4,9-10,14H,5-8H2,1-2H3,(H,19,21)/t14-/m0/s1. The quantitative estimate of drug-likeness (QED) is 0.899. The fourth-order valence-corrected chi connectivity index (χ4v) is 2.65. The number of carbonyl (C=O) groups is 2. The minimum Gasteiger partial charge on any atom is -0.378 e. The molecule has 1 fully saturated rings. The van der Waals surface area contributed by atoms with Gasteiger partial charge in [0.05, 0.1) is 23.3 Å².